The predicted octanol–water partition coefficient (Wildman–Crippen LogP) is 6.06. The topological polar surface area (TPSA) is 134 Å². The van der Waals surface area contributed by atoms with Crippen molar-refractivity contribution in [1.82, 2.24) is 15.0 Å². The summed E-state index contributed by atoms with van der Waals surface area (Å²) in [6.07, 6.45) is 1.32. The summed E-state index contributed by atoms with van der Waals surface area (Å²) in [4.78, 5) is 42.0. The van der Waals surface area contributed by atoms with Gasteiger partial charge in [0, 0.05) is 23.7 Å². The van der Waals surface area contributed by atoms with Crippen LogP contribution in [-0.2, 0) is 4.79 Å². The van der Waals surface area contributed by atoms with Gasteiger partial charge in [-0.2, -0.15) is 5.26 Å². The summed E-state index contributed by atoms with van der Waals surface area (Å²) in [6, 6.07) is 19.4. The number of amides is 2. The number of hydrogen-bond donors (Lipinski definition) is 2. The fourth-order valence-corrected chi connectivity index (χ4v) is 4.85. The van der Waals surface area contributed by atoms with Gasteiger partial charge in [-0.3, -0.25) is 14.9 Å². The van der Waals surface area contributed by atoms with Gasteiger partial charge in [-0.1, -0.05) is 30.0 Å². The molecule has 5 rings (SSSR count). The van der Waals surface area contributed by atoms with E-state index in [4.69, 9.17) is 16.3 Å². The van der Waals surface area contributed by atoms with Crippen molar-refractivity contribution in [2.45, 2.75) is 6.92 Å². The van der Waals surface area contributed by atoms with Crippen LogP contribution in [0.3, 0.4) is 0 Å². The lowest BCUT2D eigenvalue weighted by atomic mass is 9.98. The summed E-state index contributed by atoms with van der Waals surface area (Å²) < 4.78 is 5.46. The number of carbonyl (C=O) groups excluding carboxylic acids is 2. The molecule has 0 unspecified atom stereocenters. The molecule has 3 aromatic heterocycles. The van der Waals surface area contributed by atoms with Crippen LogP contribution in [0.4, 0.5) is 16.6 Å². The zero-order chi connectivity index (χ0) is 28.2. The molecule has 0 aliphatic rings. The van der Waals surface area contributed by atoms with Crippen LogP contribution in [0.2, 0.25) is 0 Å². The van der Waals surface area contributed by atoms with Crippen LogP contribution in [0.15, 0.2) is 66.9 Å². The highest BCUT2D eigenvalue weighted by molar-refractivity contribution is 7.22. The van der Waals surface area contributed by atoms with Gasteiger partial charge in [0.15, 0.2) is 5.13 Å². The smallest absolute Gasteiger partial charge is 0.270 e. The predicted molar refractivity (Wildman–Crippen MR) is 152 cm³/mol. The summed E-state index contributed by atoms with van der Waals surface area (Å²) in [5.41, 5.74) is 4.33. The van der Waals surface area contributed by atoms with E-state index in [0.29, 0.717) is 49.3 Å². The molecule has 5 aromatic rings. The maximum absolute atomic E-state index is 13.4. The zero-order valence-electron chi connectivity index (χ0n) is 21.2. The summed E-state index contributed by atoms with van der Waals surface area (Å²) in [6.45, 7) is 8.81. The second-order valence-corrected chi connectivity index (χ2v) is 9.46. The van der Waals surface area contributed by atoms with Crippen molar-refractivity contribution in [3.63, 3.8) is 0 Å². The molecule has 11 heteroatoms. The molecule has 0 aliphatic carbocycles. The number of fused-ring (bicyclic) bond motifs is 1. The van der Waals surface area contributed by atoms with Gasteiger partial charge in [-0.05, 0) is 54.1 Å². The highest BCUT2D eigenvalue weighted by Gasteiger charge is 2.21. The highest BCUT2D eigenvalue weighted by atomic mass is 32.1. The number of nitriles is 1. The van der Waals surface area contributed by atoms with E-state index in [2.05, 4.69) is 31.5 Å². The minimum absolute atomic E-state index is 0.0952. The second kappa shape index (κ2) is 11.0. The SMILES string of the molecule is [C-]#[N+]c1cc(-c2cc(C#N)ccc2OC)c(C(=O)Nc2nc3ccc(-c4ccc(NC(C)=O)cc4)nc3s2)cn1. The molecule has 194 valence electrons. The van der Waals surface area contributed by atoms with Crippen LogP contribution in [-0.4, -0.2) is 33.9 Å². The molecule has 0 atom stereocenters. The highest BCUT2D eigenvalue weighted by Crippen LogP contribution is 2.36. The minimum Gasteiger partial charge on any atom is -0.496 e. The van der Waals surface area contributed by atoms with E-state index in [1.165, 1.54) is 37.6 Å². The Morgan fingerprint density at radius 1 is 1.02 bits per heavy atom. The Bertz CT molecular complexity index is 1870. The maximum atomic E-state index is 13.4. The number of methoxy groups -OCH3 is 1. The quantitative estimate of drug-likeness (QED) is 0.248. The number of carbonyl (C=O) groups is 2. The number of thiazole rings is 1. The second-order valence-electron chi connectivity index (χ2n) is 8.48. The van der Waals surface area contributed by atoms with Crippen molar-refractivity contribution in [1.29, 1.82) is 5.26 Å². The molecule has 10 nitrogen and oxygen atoms in total. The molecular weight excluding hydrogens is 526 g/mol. The van der Waals surface area contributed by atoms with Crippen LogP contribution >= 0.6 is 11.3 Å². The third kappa shape index (κ3) is 5.31. The van der Waals surface area contributed by atoms with E-state index in [1.807, 2.05) is 24.3 Å². The van der Waals surface area contributed by atoms with E-state index in [9.17, 15) is 14.9 Å². The summed E-state index contributed by atoms with van der Waals surface area (Å²) in [5.74, 6) is -0.0994. The van der Waals surface area contributed by atoms with Gasteiger partial charge in [0.2, 0.25) is 5.91 Å². The number of pyridine rings is 2. The first kappa shape index (κ1) is 26.0. The van der Waals surface area contributed by atoms with Gasteiger partial charge in [-0.15, -0.1) is 4.98 Å². The number of benzene rings is 2. The van der Waals surface area contributed by atoms with Gasteiger partial charge in [0.05, 0.1) is 30.0 Å². The largest absolute Gasteiger partial charge is 0.496 e. The molecule has 0 bridgehead atoms. The number of hydrogen-bond acceptors (Lipinski definition) is 8. The summed E-state index contributed by atoms with van der Waals surface area (Å²) in [7, 11) is 1.49. The average Bonchev–Trinajstić information content (AvgIpc) is 3.38. The Kier molecular flexibility index (Phi) is 7.14. The van der Waals surface area contributed by atoms with Crippen molar-refractivity contribution in [2.24, 2.45) is 0 Å². The van der Waals surface area contributed by atoms with E-state index >= 15 is 0 Å². The molecule has 2 amide bonds. The van der Waals surface area contributed by atoms with Gasteiger partial charge >= 0.3 is 0 Å². The zero-order valence-corrected chi connectivity index (χ0v) is 22.0. The third-order valence-electron chi connectivity index (χ3n) is 5.84. The van der Waals surface area contributed by atoms with Crippen molar-refractivity contribution < 1.29 is 14.3 Å². The molecule has 40 heavy (non-hydrogen) atoms. The number of ether oxygens (including phenoxy) is 1. The Labute approximate surface area is 232 Å². The lowest BCUT2D eigenvalue weighted by molar-refractivity contribution is -0.114. The number of rotatable bonds is 6. The third-order valence-corrected chi connectivity index (χ3v) is 6.72. The average molecular weight is 546 g/mol. The van der Waals surface area contributed by atoms with Crippen LogP contribution in [0.25, 0.3) is 37.6 Å². The fourth-order valence-electron chi connectivity index (χ4n) is 4.02. The fraction of sp³-hybridized carbons (Fsp3) is 0.0690. The van der Waals surface area contributed by atoms with Gasteiger partial charge < -0.3 is 14.9 Å². The number of nitrogens with one attached hydrogen (secondary N) is 2. The Balaban J connectivity index is 1.46. The van der Waals surface area contributed by atoms with Crippen molar-refractivity contribution in [3.05, 3.63) is 89.4 Å². The van der Waals surface area contributed by atoms with Crippen molar-refractivity contribution in [3.8, 4) is 34.2 Å². The summed E-state index contributed by atoms with van der Waals surface area (Å²) >= 11 is 1.22. The van der Waals surface area contributed by atoms with Crippen molar-refractivity contribution >= 4 is 50.1 Å². The number of nitrogens with zero attached hydrogens (tertiary/aromatic N) is 5. The molecule has 0 radical (unpaired) electrons. The Morgan fingerprint density at radius 2 is 1.82 bits per heavy atom. The van der Waals surface area contributed by atoms with E-state index in [-0.39, 0.29) is 17.3 Å². The number of aromatic nitrogens is 3. The normalized spacial score (nSPS) is 10.4. The van der Waals surface area contributed by atoms with E-state index in [1.54, 1.807) is 30.3 Å². The maximum Gasteiger partial charge on any atom is 0.270 e. The monoisotopic (exact) mass is 545 g/mol. The summed E-state index contributed by atoms with van der Waals surface area (Å²) in [5, 5.41) is 15.3. The first-order valence-corrected chi connectivity index (χ1v) is 12.6. The molecule has 2 N–H and O–H groups in total. The van der Waals surface area contributed by atoms with Crippen LogP contribution in [0.1, 0.15) is 22.8 Å². The lowest BCUT2D eigenvalue weighted by Crippen LogP contribution is -2.13. The van der Waals surface area contributed by atoms with Crippen LogP contribution < -0.4 is 15.4 Å². The molecule has 3 heterocycles. The first-order valence-electron chi connectivity index (χ1n) is 11.8. The van der Waals surface area contributed by atoms with E-state index in [0.717, 1.165) is 5.56 Å². The molecule has 0 aliphatic heterocycles. The molecular formula is C29H19N7O3S. The van der Waals surface area contributed by atoms with E-state index < -0.39 is 5.91 Å². The molecule has 2 aromatic carbocycles. The minimum atomic E-state index is -0.490. The van der Waals surface area contributed by atoms with Gasteiger partial charge in [-0.25, -0.2) is 9.97 Å². The van der Waals surface area contributed by atoms with Crippen LogP contribution in [0.5, 0.6) is 5.75 Å². The van der Waals surface area contributed by atoms with Gasteiger partial charge in [0.25, 0.3) is 11.7 Å². The molecule has 0 saturated heterocycles. The standard InChI is InChI=1S/C29H19N7O3S/c1-16(37)33-19-7-5-18(6-8-19)23-9-10-24-28(34-23)40-29(35-24)36-27(38)22-15-32-26(31-2)13-20(22)21-12-17(14-30)4-11-25(21)39-3/h4-13,15H,1,3H3,(H,33,37)(H,35,36,38). The van der Waals surface area contributed by atoms with Crippen LogP contribution in [0, 0.1) is 17.9 Å². The Morgan fingerprint density at radius 3 is 2.52 bits per heavy atom. The molecule has 0 fully saturated rings. The first-order chi connectivity index (χ1) is 19.4. The molecule has 0 spiro atoms. The molecule has 0 saturated carbocycles. The van der Waals surface area contributed by atoms with Crippen molar-refractivity contribution in [2.75, 3.05) is 17.7 Å². The lowest BCUT2D eigenvalue weighted by Gasteiger charge is -2.12. The Hall–Kier alpha value is -5.65. The number of anilines is 2. The van der Waals surface area contributed by atoms with Gasteiger partial charge in [0.1, 0.15) is 22.3 Å².